The van der Waals surface area contributed by atoms with Gasteiger partial charge in [0, 0.05) is 5.69 Å². The first-order valence-electron chi connectivity index (χ1n) is 8.30. The Morgan fingerprint density at radius 3 is 2.62 bits per heavy atom. The highest BCUT2D eigenvalue weighted by molar-refractivity contribution is 7.08. The number of hydrogen-bond donors (Lipinski definition) is 2. The van der Waals surface area contributed by atoms with E-state index in [-0.39, 0.29) is 5.66 Å². The molecule has 2 aromatic rings. The second-order valence-corrected chi connectivity index (χ2v) is 7.16. The van der Waals surface area contributed by atoms with Crippen molar-refractivity contribution in [2.45, 2.75) is 37.8 Å². The molecule has 4 N–H and O–H groups in total. The van der Waals surface area contributed by atoms with Gasteiger partial charge in [-0.25, -0.2) is 4.99 Å². The number of benzene rings is 1. The van der Waals surface area contributed by atoms with Crippen molar-refractivity contribution in [2.75, 3.05) is 4.90 Å². The van der Waals surface area contributed by atoms with Gasteiger partial charge in [0.15, 0.2) is 0 Å². The number of rotatable bonds is 2. The van der Waals surface area contributed by atoms with Gasteiger partial charge in [0.1, 0.15) is 5.66 Å². The number of anilines is 1. The molecule has 1 fully saturated rings. The summed E-state index contributed by atoms with van der Waals surface area (Å²) in [6.45, 7) is 0. The van der Waals surface area contributed by atoms with Crippen molar-refractivity contribution < 1.29 is 0 Å². The Bertz CT molecular complexity index is 788. The molecule has 6 heteroatoms. The summed E-state index contributed by atoms with van der Waals surface area (Å²) in [6.07, 6.45) is 5.39. The van der Waals surface area contributed by atoms with Crippen LogP contribution in [0.25, 0.3) is 11.1 Å². The zero-order valence-corrected chi connectivity index (χ0v) is 14.3. The normalized spacial score (nSPS) is 19.9. The van der Waals surface area contributed by atoms with E-state index < -0.39 is 0 Å². The van der Waals surface area contributed by atoms with Crippen molar-refractivity contribution in [3.8, 4) is 11.1 Å². The smallest absolute Gasteiger partial charge is 0.220 e. The molecule has 1 aromatic carbocycles. The van der Waals surface area contributed by atoms with Gasteiger partial charge >= 0.3 is 0 Å². The third-order valence-electron chi connectivity index (χ3n) is 4.81. The van der Waals surface area contributed by atoms with Crippen molar-refractivity contribution in [1.29, 1.82) is 0 Å². The van der Waals surface area contributed by atoms with Crippen LogP contribution in [-0.2, 0) is 0 Å². The number of aliphatic imine (C=N–C) groups is 2. The Morgan fingerprint density at radius 1 is 1.04 bits per heavy atom. The molecular weight excluding hydrogens is 318 g/mol. The first-order chi connectivity index (χ1) is 11.7. The maximum Gasteiger partial charge on any atom is 0.220 e. The predicted octanol–water partition coefficient (Wildman–Crippen LogP) is 3.52. The van der Waals surface area contributed by atoms with Gasteiger partial charge in [0.2, 0.25) is 11.9 Å². The average molecular weight is 339 g/mol. The molecule has 24 heavy (non-hydrogen) atoms. The second-order valence-electron chi connectivity index (χ2n) is 6.38. The zero-order chi connectivity index (χ0) is 16.6. The summed E-state index contributed by atoms with van der Waals surface area (Å²) < 4.78 is 0. The third-order valence-corrected chi connectivity index (χ3v) is 5.49. The predicted molar refractivity (Wildman–Crippen MR) is 101 cm³/mol. The molecule has 0 atom stereocenters. The highest BCUT2D eigenvalue weighted by Crippen LogP contribution is 2.40. The van der Waals surface area contributed by atoms with Gasteiger partial charge in [-0.15, -0.1) is 0 Å². The lowest BCUT2D eigenvalue weighted by Gasteiger charge is -2.45. The van der Waals surface area contributed by atoms with E-state index >= 15 is 0 Å². The van der Waals surface area contributed by atoms with Crippen molar-refractivity contribution in [3.63, 3.8) is 0 Å². The summed E-state index contributed by atoms with van der Waals surface area (Å²) >= 11 is 1.70. The van der Waals surface area contributed by atoms with E-state index in [1.165, 1.54) is 17.5 Å². The minimum absolute atomic E-state index is 0.291. The molecule has 124 valence electrons. The lowest BCUT2D eigenvalue weighted by molar-refractivity contribution is 0.305. The molecule has 2 heterocycles. The summed E-state index contributed by atoms with van der Waals surface area (Å²) in [5.41, 5.74) is 15.3. The first-order valence-corrected chi connectivity index (χ1v) is 9.25. The second kappa shape index (κ2) is 5.94. The highest BCUT2D eigenvalue weighted by atomic mass is 32.1. The molecule has 5 nitrogen and oxygen atoms in total. The summed E-state index contributed by atoms with van der Waals surface area (Å²) in [5, 5.41) is 4.24. The Hall–Kier alpha value is -2.34. The van der Waals surface area contributed by atoms with Crippen LogP contribution in [0.5, 0.6) is 0 Å². The van der Waals surface area contributed by atoms with Gasteiger partial charge in [-0.05, 0) is 65.8 Å². The van der Waals surface area contributed by atoms with Gasteiger partial charge in [0.05, 0.1) is 0 Å². The van der Waals surface area contributed by atoms with Crippen LogP contribution in [0.2, 0.25) is 0 Å². The molecule has 1 saturated carbocycles. The molecule has 4 rings (SSSR count). The Balaban J connectivity index is 1.79. The van der Waals surface area contributed by atoms with Gasteiger partial charge in [0.25, 0.3) is 0 Å². The molecular formula is C18H21N5S. The molecule has 1 aliphatic heterocycles. The maximum absolute atomic E-state index is 6.29. The SMILES string of the molecule is NC1=NC2(CCCCC2)N(c2cccc(-c3ccsc3)c2)C(N)=N1. The van der Waals surface area contributed by atoms with Crippen LogP contribution in [0.3, 0.4) is 0 Å². The number of nitrogens with two attached hydrogens (primary N) is 2. The standard InChI is InChI=1S/C18H21N5S/c19-16-21-17(20)23(18(22-16)8-2-1-3-9-18)15-6-4-5-13(11-15)14-7-10-24-12-14/h4-7,10-12H,1-3,8-9H2,(H4,19,20,21,22). The zero-order valence-electron chi connectivity index (χ0n) is 13.5. The summed E-state index contributed by atoms with van der Waals surface area (Å²) in [5.74, 6) is 0.728. The fourth-order valence-electron chi connectivity index (χ4n) is 3.75. The van der Waals surface area contributed by atoms with Crippen molar-refractivity contribution in [1.82, 2.24) is 0 Å². The van der Waals surface area contributed by atoms with Crippen LogP contribution in [0.1, 0.15) is 32.1 Å². The molecule has 0 saturated heterocycles. The molecule has 0 bridgehead atoms. The van der Waals surface area contributed by atoms with E-state index in [1.54, 1.807) is 11.3 Å². The molecule has 0 amide bonds. The molecule has 1 aliphatic carbocycles. The Kier molecular flexibility index (Phi) is 3.76. The molecule has 2 aliphatic rings. The number of hydrogen-bond acceptors (Lipinski definition) is 6. The largest absolute Gasteiger partial charge is 0.369 e. The Labute approximate surface area is 145 Å². The van der Waals surface area contributed by atoms with Gasteiger partial charge in [-0.1, -0.05) is 18.6 Å². The van der Waals surface area contributed by atoms with E-state index in [4.69, 9.17) is 16.5 Å². The first kappa shape index (κ1) is 15.2. The van der Waals surface area contributed by atoms with E-state index in [1.807, 2.05) is 0 Å². The van der Waals surface area contributed by atoms with E-state index in [9.17, 15) is 0 Å². The molecule has 0 radical (unpaired) electrons. The average Bonchev–Trinajstić information content (AvgIpc) is 3.09. The third kappa shape index (κ3) is 2.57. The van der Waals surface area contributed by atoms with Gasteiger partial charge in [-0.2, -0.15) is 16.3 Å². The van der Waals surface area contributed by atoms with Crippen LogP contribution >= 0.6 is 11.3 Å². The fraction of sp³-hybridized carbons (Fsp3) is 0.333. The molecule has 1 aromatic heterocycles. The van der Waals surface area contributed by atoms with Crippen LogP contribution in [0.15, 0.2) is 51.1 Å². The maximum atomic E-state index is 6.29. The van der Waals surface area contributed by atoms with Crippen LogP contribution in [0, 0.1) is 0 Å². The molecule has 0 unspecified atom stereocenters. The Morgan fingerprint density at radius 2 is 1.88 bits per heavy atom. The number of nitrogens with zero attached hydrogens (tertiary/aromatic N) is 3. The van der Waals surface area contributed by atoms with Gasteiger partial charge < -0.3 is 11.5 Å². The van der Waals surface area contributed by atoms with Crippen LogP contribution < -0.4 is 16.4 Å². The van der Waals surface area contributed by atoms with E-state index in [2.05, 4.69) is 51.0 Å². The lowest BCUT2D eigenvalue weighted by atomic mass is 9.87. The highest BCUT2D eigenvalue weighted by Gasteiger charge is 2.42. The number of thiophene rings is 1. The molecule has 1 spiro atoms. The summed E-state index contributed by atoms with van der Waals surface area (Å²) in [7, 11) is 0. The van der Waals surface area contributed by atoms with Crippen molar-refractivity contribution in [2.24, 2.45) is 21.5 Å². The van der Waals surface area contributed by atoms with Crippen LogP contribution in [0.4, 0.5) is 5.69 Å². The summed E-state index contributed by atoms with van der Waals surface area (Å²) in [6, 6.07) is 10.6. The summed E-state index contributed by atoms with van der Waals surface area (Å²) in [4.78, 5) is 11.0. The lowest BCUT2D eigenvalue weighted by Crippen LogP contribution is -2.58. The quantitative estimate of drug-likeness (QED) is 0.878. The fourth-order valence-corrected chi connectivity index (χ4v) is 4.41. The number of guanidine groups is 2. The van der Waals surface area contributed by atoms with Gasteiger partial charge in [-0.3, -0.25) is 4.90 Å². The minimum atomic E-state index is -0.387. The van der Waals surface area contributed by atoms with Crippen molar-refractivity contribution in [3.05, 3.63) is 41.1 Å². The minimum Gasteiger partial charge on any atom is -0.369 e. The van der Waals surface area contributed by atoms with Crippen LogP contribution in [-0.4, -0.2) is 17.6 Å². The monoisotopic (exact) mass is 339 g/mol. The van der Waals surface area contributed by atoms with E-state index in [0.29, 0.717) is 11.9 Å². The van der Waals surface area contributed by atoms with Crippen molar-refractivity contribution >= 4 is 28.9 Å². The topological polar surface area (TPSA) is 80.0 Å². The van der Waals surface area contributed by atoms with E-state index in [0.717, 1.165) is 31.4 Å².